The second kappa shape index (κ2) is 7.46. The number of nitrogens with one attached hydrogen (secondary N) is 1. The highest BCUT2D eigenvalue weighted by molar-refractivity contribution is 6.30. The van der Waals surface area contributed by atoms with Crippen LogP contribution in [0, 0.1) is 6.92 Å². The maximum Gasteiger partial charge on any atom is 0.257 e. The number of carbonyl (C=O) groups excluding carboxylic acids is 1. The molecule has 0 bridgehead atoms. The lowest BCUT2D eigenvalue weighted by Gasteiger charge is -2.27. The first-order chi connectivity index (χ1) is 14.6. The number of benzene rings is 2. The van der Waals surface area contributed by atoms with Gasteiger partial charge in [-0.1, -0.05) is 41.9 Å². The Bertz CT molecular complexity index is 1210. The van der Waals surface area contributed by atoms with E-state index in [-0.39, 0.29) is 5.91 Å². The van der Waals surface area contributed by atoms with Crippen LogP contribution in [0.4, 0.5) is 0 Å². The van der Waals surface area contributed by atoms with Crippen molar-refractivity contribution in [2.45, 2.75) is 19.9 Å². The molecule has 4 aromatic rings. The first-order valence-electron chi connectivity index (χ1n) is 9.83. The predicted molar refractivity (Wildman–Crippen MR) is 116 cm³/mol. The van der Waals surface area contributed by atoms with E-state index in [9.17, 15) is 4.79 Å². The summed E-state index contributed by atoms with van der Waals surface area (Å²) in [4.78, 5) is 15.2. The molecule has 1 aliphatic heterocycles. The highest BCUT2D eigenvalue weighted by atomic mass is 35.5. The van der Waals surface area contributed by atoms with Gasteiger partial charge in [-0.3, -0.25) is 9.89 Å². The lowest BCUT2D eigenvalue weighted by atomic mass is 10.0. The number of rotatable bonds is 3. The highest BCUT2D eigenvalue weighted by Crippen LogP contribution is 2.30. The lowest BCUT2D eigenvalue weighted by molar-refractivity contribution is 0.0734. The summed E-state index contributed by atoms with van der Waals surface area (Å²) in [6.45, 7) is 3.09. The summed E-state index contributed by atoms with van der Waals surface area (Å²) in [5.41, 5.74) is 6.40. The van der Waals surface area contributed by atoms with Gasteiger partial charge in [0.05, 0.1) is 28.8 Å². The van der Waals surface area contributed by atoms with Gasteiger partial charge in [0.1, 0.15) is 0 Å². The van der Waals surface area contributed by atoms with Gasteiger partial charge >= 0.3 is 0 Å². The molecule has 0 spiro atoms. The highest BCUT2D eigenvalue weighted by Gasteiger charge is 2.28. The Morgan fingerprint density at radius 2 is 1.87 bits per heavy atom. The predicted octanol–water partition coefficient (Wildman–Crippen LogP) is 4.42. The maximum atomic E-state index is 13.3. The lowest BCUT2D eigenvalue weighted by Crippen LogP contribution is -2.36. The number of aromatic nitrogens is 4. The van der Waals surface area contributed by atoms with Gasteiger partial charge in [0.15, 0.2) is 0 Å². The van der Waals surface area contributed by atoms with Crippen molar-refractivity contribution in [1.29, 1.82) is 0 Å². The molecule has 0 radical (unpaired) electrons. The third-order valence-electron chi connectivity index (χ3n) is 5.58. The molecule has 2 aromatic carbocycles. The van der Waals surface area contributed by atoms with Gasteiger partial charge < -0.3 is 4.90 Å². The van der Waals surface area contributed by atoms with Crippen LogP contribution in [0.3, 0.4) is 0 Å². The van der Waals surface area contributed by atoms with E-state index in [4.69, 9.17) is 11.6 Å². The van der Waals surface area contributed by atoms with Crippen molar-refractivity contribution in [2.24, 2.45) is 0 Å². The monoisotopic (exact) mass is 417 g/mol. The minimum atomic E-state index is -0.0106. The second-order valence-corrected chi connectivity index (χ2v) is 7.84. The molecule has 0 aliphatic carbocycles. The number of hydrogen-bond acceptors (Lipinski definition) is 3. The normalized spacial score (nSPS) is 13.3. The fraction of sp³-hybridized carbons (Fsp3) is 0.174. The van der Waals surface area contributed by atoms with E-state index in [1.165, 1.54) is 0 Å². The first-order valence-corrected chi connectivity index (χ1v) is 10.2. The molecule has 6 nitrogen and oxygen atoms in total. The Balaban J connectivity index is 1.43. The van der Waals surface area contributed by atoms with Crippen LogP contribution >= 0.6 is 11.6 Å². The molecule has 1 N–H and O–H groups in total. The van der Waals surface area contributed by atoms with Gasteiger partial charge in [-0.05, 0) is 31.2 Å². The van der Waals surface area contributed by atoms with Gasteiger partial charge in [0.2, 0.25) is 0 Å². The van der Waals surface area contributed by atoms with Gasteiger partial charge in [0.25, 0.3) is 5.91 Å². The molecule has 0 fully saturated rings. The minimum Gasteiger partial charge on any atom is -0.334 e. The Labute approximate surface area is 179 Å². The van der Waals surface area contributed by atoms with E-state index in [1.807, 2.05) is 66.4 Å². The van der Waals surface area contributed by atoms with Crippen molar-refractivity contribution in [2.75, 3.05) is 6.54 Å². The molecule has 0 saturated carbocycles. The third-order valence-corrected chi connectivity index (χ3v) is 5.83. The topological polar surface area (TPSA) is 66.8 Å². The number of hydrogen-bond donors (Lipinski definition) is 1. The number of amides is 1. The van der Waals surface area contributed by atoms with Crippen LogP contribution in [0.5, 0.6) is 0 Å². The minimum absolute atomic E-state index is 0.0106. The molecule has 7 heteroatoms. The van der Waals surface area contributed by atoms with Gasteiger partial charge in [-0.2, -0.15) is 10.2 Å². The van der Waals surface area contributed by atoms with Crippen molar-refractivity contribution < 1.29 is 4.79 Å². The van der Waals surface area contributed by atoms with Crippen LogP contribution in [-0.2, 0) is 13.0 Å². The second-order valence-electron chi connectivity index (χ2n) is 7.40. The Morgan fingerprint density at radius 3 is 2.63 bits per heavy atom. The van der Waals surface area contributed by atoms with Crippen LogP contribution in [-0.4, -0.2) is 37.3 Å². The summed E-state index contributed by atoms with van der Waals surface area (Å²) >= 11 is 6.02. The van der Waals surface area contributed by atoms with Gasteiger partial charge in [-0.25, -0.2) is 4.68 Å². The van der Waals surface area contributed by atoms with E-state index in [1.54, 1.807) is 10.9 Å². The largest absolute Gasteiger partial charge is 0.334 e. The quantitative estimate of drug-likeness (QED) is 0.536. The summed E-state index contributed by atoms with van der Waals surface area (Å²) in [5.74, 6) is -0.0106. The van der Waals surface area contributed by atoms with E-state index in [0.717, 1.165) is 40.3 Å². The molecular weight excluding hydrogens is 398 g/mol. The molecule has 2 aromatic heterocycles. The number of carbonyl (C=O) groups is 1. The SMILES string of the molecule is Cc1c(C(=O)N2CCc3[nH]nc(-c4ccc(Cl)cc4)c3C2)cnn1-c1ccccc1. The molecule has 5 rings (SSSR count). The number of H-pyrrole nitrogens is 1. The van der Waals surface area contributed by atoms with Crippen LogP contribution in [0.25, 0.3) is 16.9 Å². The van der Waals surface area contributed by atoms with E-state index in [2.05, 4.69) is 15.3 Å². The summed E-state index contributed by atoms with van der Waals surface area (Å²) in [6, 6.07) is 17.4. The van der Waals surface area contributed by atoms with Crippen LogP contribution in [0.2, 0.25) is 5.02 Å². The summed E-state index contributed by atoms with van der Waals surface area (Å²) in [6.07, 6.45) is 2.41. The van der Waals surface area contributed by atoms with Crippen LogP contribution < -0.4 is 0 Å². The number of fused-ring (bicyclic) bond motifs is 1. The Morgan fingerprint density at radius 1 is 1.10 bits per heavy atom. The number of para-hydroxylation sites is 1. The molecule has 0 atom stereocenters. The fourth-order valence-electron chi connectivity index (χ4n) is 3.93. The van der Waals surface area contributed by atoms with Crippen LogP contribution in [0.1, 0.15) is 27.3 Å². The zero-order chi connectivity index (χ0) is 20.7. The number of aromatic amines is 1. The summed E-state index contributed by atoms with van der Waals surface area (Å²) < 4.78 is 1.81. The fourth-order valence-corrected chi connectivity index (χ4v) is 4.06. The molecule has 150 valence electrons. The maximum absolute atomic E-state index is 13.3. The molecule has 3 heterocycles. The molecular formula is C23H20ClN5O. The van der Waals surface area contributed by atoms with E-state index in [0.29, 0.717) is 23.7 Å². The zero-order valence-corrected chi connectivity index (χ0v) is 17.2. The standard InChI is InChI=1S/C23H20ClN5O/c1-15-19(13-25-29(15)18-5-3-2-4-6-18)23(30)28-12-11-21-20(14-28)22(27-26-21)16-7-9-17(24)10-8-16/h2-10,13H,11-12,14H2,1H3,(H,26,27). The molecule has 30 heavy (non-hydrogen) atoms. The average molecular weight is 418 g/mol. The summed E-state index contributed by atoms with van der Waals surface area (Å²) in [5, 5.41) is 12.8. The van der Waals surface area contributed by atoms with Crippen molar-refractivity contribution in [3.8, 4) is 16.9 Å². The van der Waals surface area contributed by atoms with Gasteiger partial charge in [-0.15, -0.1) is 0 Å². The number of halogens is 1. The van der Waals surface area contributed by atoms with Gasteiger partial charge in [0, 0.05) is 41.4 Å². The smallest absolute Gasteiger partial charge is 0.257 e. The zero-order valence-electron chi connectivity index (χ0n) is 16.5. The molecule has 1 amide bonds. The number of nitrogens with zero attached hydrogens (tertiary/aromatic N) is 4. The van der Waals surface area contributed by atoms with E-state index < -0.39 is 0 Å². The third kappa shape index (κ3) is 3.19. The average Bonchev–Trinajstić information content (AvgIpc) is 3.37. The molecule has 1 aliphatic rings. The summed E-state index contributed by atoms with van der Waals surface area (Å²) in [7, 11) is 0. The molecule has 0 unspecified atom stereocenters. The first kappa shape index (κ1) is 18.6. The van der Waals surface area contributed by atoms with Crippen molar-refractivity contribution in [3.05, 3.63) is 88.3 Å². The Hall–Kier alpha value is -3.38. The van der Waals surface area contributed by atoms with Crippen LogP contribution in [0.15, 0.2) is 60.8 Å². The van der Waals surface area contributed by atoms with E-state index >= 15 is 0 Å². The molecule has 0 saturated heterocycles. The Kier molecular flexibility index (Phi) is 4.64. The van der Waals surface area contributed by atoms with Crippen molar-refractivity contribution in [3.63, 3.8) is 0 Å². The van der Waals surface area contributed by atoms with Crippen molar-refractivity contribution >= 4 is 17.5 Å². The van der Waals surface area contributed by atoms with Crippen molar-refractivity contribution in [1.82, 2.24) is 24.9 Å².